The molecule has 0 aliphatic rings. The lowest BCUT2D eigenvalue weighted by molar-refractivity contribution is -0.116. The highest BCUT2D eigenvalue weighted by molar-refractivity contribution is 9.10. The molecule has 0 fully saturated rings. The molecule has 0 unspecified atom stereocenters. The van der Waals surface area contributed by atoms with Gasteiger partial charge in [-0.1, -0.05) is 65.3 Å². The molecule has 0 aliphatic heterocycles. The van der Waals surface area contributed by atoms with Gasteiger partial charge >= 0.3 is 0 Å². The fourth-order valence-electron chi connectivity index (χ4n) is 2.95. The normalized spacial score (nSPS) is 11.4. The standard InChI is InChI=1S/C23H23BrN2O3S/c1-2-18-10-14-21(15-11-18)25-23(27)17-26(16-19-8-12-20(24)13-9-19)30(28,29)22-6-4-3-5-7-22/h3-15H,2,16-17H2,1H3,(H,25,27). The first kappa shape index (κ1) is 22.2. The van der Waals surface area contributed by atoms with Gasteiger partial charge in [-0.2, -0.15) is 4.31 Å². The molecule has 3 aromatic rings. The van der Waals surface area contributed by atoms with Gasteiger partial charge in [0.15, 0.2) is 0 Å². The van der Waals surface area contributed by atoms with Crippen LogP contribution in [0.4, 0.5) is 5.69 Å². The number of rotatable bonds is 8. The van der Waals surface area contributed by atoms with Gasteiger partial charge in [-0.25, -0.2) is 8.42 Å². The summed E-state index contributed by atoms with van der Waals surface area (Å²) in [4.78, 5) is 12.8. The highest BCUT2D eigenvalue weighted by atomic mass is 79.9. The van der Waals surface area contributed by atoms with Crippen LogP contribution in [0.25, 0.3) is 0 Å². The van der Waals surface area contributed by atoms with Crippen LogP contribution >= 0.6 is 15.9 Å². The van der Waals surface area contributed by atoms with Gasteiger partial charge in [0.25, 0.3) is 0 Å². The van der Waals surface area contributed by atoms with Crippen molar-refractivity contribution in [3.05, 3.63) is 94.5 Å². The lowest BCUT2D eigenvalue weighted by atomic mass is 10.1. The highest BCUT2D eigenvalue weighted by Crippen LogP contribution is 2.20. The molecule has 0 spiro atoms. The van der Waals surface area contributed by atoms with Crippen molar-refractivity contribution in [1.82, 2.24) is 4.31 Å². The van der Waals surface area contributed by atoms with Crippen LogP contribution in [0.15, 0.2) is 88.2 Å². The molecule has 0 atom stereocenters. The van der Waals surface area contributed by atoms with Crippen LogP contribution in [-0.2, 0) is 27.8 Å². The number of carbonyl (C=O) groups excluding carboxylic acids is 1. The van der Waals surface area contributed by atoms with E-state index >= 15 is 0 Å². The van der Waals surface area contributed by atoms with Gasteiger partial charge in [-0.3, -0.25) is 4.79 Å². The molecule has 0 bridgehead atoms. The molecule has 0 saturated heterocycles. The molecule has 30 heavy (non-hydrogen) atoms. The molecule has 156 valence electrons. The first-order valence-electron chi connectivity index (χ1n) is 9.57. The van der Waals surface area contributed by atoms with E-state index in [0.29, 0.717) is 5.69 Å². The zero-order valence-corrected chi connectivity index (χ0v) is 19.0. The molecule has 5 nitrogen and oxygen atoms in total. The number of aryl methyl sites for hydroxylation is 1. The molecule has 0 saturated carbocycles. The Morgan fingerprint density at radius 3 is 2.10 bits per heavy atom. The summed E-state index contributed by atoms with van der Waals surface area (Å²) < 4.78 is 28.5. The summed E-state index contributed by atoms with van der Waals surface area (Å²) >= 11 is 3.38. The van der Waals surface area contributed by atoms with Crippen LogP contribution in [-0.4, -0.2) is 25.2 Å². The van der Waals surface area contributed by atoms with Crippen LogP contribution in [0, 0.1) is 0 Å². The third kappa shape index (κ3) is 5.78. The first-order chi connectivity index (χ1) is 14.4. The zero-order chi connectivity index (χ0) is 21.6. The van der Waals surface area contributed by atoms with E-state index < -0.39 is 15.9 Å². The fraction of sp³-hybridized carbons (Fsp3) is 0.174. The predicted molar refractivity (Wildman–Crippen MR) is 123 cm³/mol. The first-order valence-corrected chi connectivity index (χ1v) is 11.8. The van der Waals surface area contributed by atoms with Gasteiger partial charge in [-0.05, 0) is 53.9 Å². The van der Waals surface area contributed by atoms with Crippen molar-refractivity contribution in [3.63, 3.8) is 0 Å². The van der Waals surface area contributed by atoms with Crippen molar-refractivity contribution in [2.45, 2.75) is 24.8 Å². The molecule has 0 aromatic heterocycles. The second-order valence-electron chi connectivity index (χ2n) is 6.81. The van der Waals surface area contributed by atoms with E-state index in [2.05, 4.69) is 28.2 Å². The van der Waals surface area contributed by atoms with E-state index in [9.17, 15) is 13.2 Å². The third-order valence-corrected chi connectivity index (χ3v) is 6.95. The number of benzene rings is 3. The molecule has 0 heterocycles. The Balaban J connectivity index is 1.82. The lowest BCUT2D eigenvalue weighted by Crippen LogP contribution is -2.37. The van der Waals surface area contributed by atoms with E-state index in [4.69, 9.17) is 0 Å². The van der Waals surface area contributed by atoms with Gasteiger partial charge in [0, 0.05) is 16.7 Å². The van der Waals surface area contributed by atoms with Crippen molar-refractivity contribution < 1.29 is 13.2 Å². The number of nitrogens with zero attached hydrogens (tertiary/aromatic N) is 1. The SMILES string of the molecule is CCc1ccc(NC(=O)CN(Cc2ccc(Br)cc2)S(=O)(=O)c2ccccc2)cc1. The minimum atomic E-state index is -3.85. The number of hydrogen-bond donors (Lipinski definition) is 1. The van der Waals surface area contributed by atoms with E-state index in [-0.39, 0.29) is 18.0 Å². The molecule has 3 aromatic carbocycles. The largest absolute Gasteiger partial charge is 0.325 e. The summed E-state index contributed by atoms with van der Waals surface area (Å²) in [6, 6.07) is 23.0. The summed E-state index contributed by atoms with van der Waals surface area (Å²) in [6.45, 7) is 1.86. The Labute approximate surface area is 185 Å². The smallest absolute Gasteiger partial charge is 0.243 e. The van der Waals surface area contributed by atoms with Crippen LogP contribution in [0.2, 0.25) is 0 Å². The van der Waals surface area contributed by atoms with Crippen LogP contribution in [0.3, 0.4) is 0 Å². The molecule has 7 heteroatoms. The molecule has 0 radical (unpaired) electrons. The minimum Gasteiger partial charge on any atom is -0.325 e. The van der Waals surface area contributed by atoms with Crippen molar-refractivity contribution in [2.75, 3.05) is 11.9 Å². The minimum absolute atomic E-state index is 0.0900. The van der Waals surface area contributed by atoms with Gasteiger partial charge in [-0.15, -0.1) is 0 Å². The second-order valence-corrected chi connectivity index (χ2v) is 9.66. The van der Waals surface area contributed by atoms with E-state index in [1.807, 2.05) is 48.5 Å². The van der Waals surface area contributed by atoms with Crippen molar-refractivity contribution in [1.29, 1.82) is 0 Å². The van der Waals surface area contributed by atoms with Crippen molar-refractivity contribution in [3.8, 4) is 0 Å². The Morgan fingerprint density at radius 2 is 1.50 bits per heavy atom. The van der Waals surface area contributed by atoms with Crippen molar-refractivity contribution in [2.24, 2.45) is 0 Å². The maximum atomic E-state index is 13.2. The van der Waals surface area contributed by atoms with E-state index in [0.717, 1.165) is 22.0 Å². The van der Waals surface area contributed by atoms with Crippen molar-refractivity contribution >= 4 is 37.5 Å². The maximum absolute atomic E-state index is 13.2. The molecule has 3 rings (SSSR count). The van der Waals surface area contributed by atoms with Crippen LogP contribution in [0.1, 0.15) is 18.1 Å². The Hall–Kier alpha value is -2.48. The van der Waals surface area contributed by atoms with E-state index in [1.54, 1.807) is 18.2 Å². The Kier molecular flexibility index (Phi) is 7.42. The van der Waals surface area contributed by atoms with Crippen LogP contribution in [0.5, 0.6) is 0 Å². The highest BCUT2D eigenvalue weighted by Gasteiger charge is 2.26. The number of hydrogen-bond acceptors (Lipinski definition) is 3. The molecule has 0 aliphatic carbocycles. The maximum Gasteiger partial charge on any atom is 0.243 e. The number of carbonyl (C=O) groups is 1. The Bertz CT molecular complexity index is 1080. The van der Waals surface area contributed by atoms with Gasteiger partial charge in [0.05, 0.1) is 11.4 Å². The molecule has 1 N–H and O–H groups in total. The van der Waals surface area contributed by atoms with Gasteiger partial charge < -0.3 is 5.32 Å². The second kappa shape index (κ2) is 10.0. The van der Waals surface area contributed by atoms with E-state index in [1.165, 1.54) is 16.4 Å². The number of amides is 1. The fourth-order valence-corrected chi connectivity index (χ4v) is 4.62. The number of halogens is 1. The average Bonchev–Trinajstić information content (AvgIpc) is 2.76. The summed E-state index contributed by atoms with van der Waals surface area (Å²) in [6.07, 6.45) is 0.907. The number of anilines is 1. The topological polar surface area (TPSA) is 66.5 Å². The summed E-state index contributed by atoms with van der Waals surface area (Å²) in [5.41, 5.74) is 2.59. The quantitative estimate of drug-likeness (QED) is 0.495. The zero-order valence-electron chi connectivity index (χ0n) is 16.6. The summed E-state index contributed by atoms with van der Waals surface area (Å²) in [7, 11) is -3.85. The molecular formula is C23H23BrN2O3S. The van der Waals surface area contributed by atoms with Gasteiger partial charge in [0.2, 0.25) is 15.9 Å². The average molecular weight is 487 g/mol. The summed E-state index contributed by atoms with van der Waals surface area (Å²) in [5.74, 6) is -0.393. The summed E-state index contributed by atoms with van der Waals surface area (Å²) in [5, 5.41) is 2.79. The van der Waals surface area contributed by atoms with Gasteiger partial charge in [0.1, 0.15) is 0 Å². The molecule has 1 amide bonds. The predicted octanol–water partition coefficient (Wildman–Crippen LogP) is 4.84. The number of nitrogens with one attached hydrogen (secondary N) is 1. The third-order valence-electron chi connectivity index (χ3n) is 4.62. The molecular weight excluding hydrogens is 464 g/mol. The Morgan fingerprint density at radius 1 is 0.900 bits per heavy atom. The lowest BCUT2D eigenvalue weighted by Gasteiger charge is -2.22. The van der Waals surface area contributed by atoms with Crippen LogP contribution < -0.4 is 5.32 Å². The monoisotopic (exact) mass is 486 g/mol. The number of sulfonamides is 1.